The molecular formula is C14H22N2. The minimum atomic E-state index is 0.718. The summed E-state index contributed by atoms with van der Waals surface area (Å²) in [5.74, 6) is 0. The molecule has 0 atom stereocenters. The number of rotatable bonds is 3. The van der Waals surface area contributed by atoms with Crippen molar-refractivity contribution in [3.63, 3.8) is 0 Å². The highest BCUT2D eigenvalue weighted by molar-refractivity contribution is 5.31. The Morgan fingerprint density at radius 3 is 2.56 bits per heavy atom. The van der Waals surface area contributed by atoms with E-state index in [1.54, 1.807) is 0 Å². The molecular weight excluding hydrogens is 196 g/mol. The lowest BCUT2D eigenvalue weighted by Crippen LogP contribution is -2.36. The van der Waals surface area contributed by atoms with Gasteiger partial charge in [0.15, 0.2) is 0 Å². The zero-order chi connectivity index (χ0) is 11.4. The number of hydrogen-bond donors (Lipinski definition) is 0. The summed E-state index contributed by atoms with van der Waals surface area (Å²) in [5, 5.41) is 9.14. The highest BCUT2D eigenvalue weighted by Crippen LogP contribution is 2.33. The molecule has 1 fully saturated rings. The largest absolute Gasteiger partial charge is 0.371 e. The van der Waals surface area contributed by atoms with Crippen molar-refractivity contribution in [2.45, 2.75) is 64.3 Å². The predicted octanol–water partition coefficient (Wildman–Crippen LogP) is 3.60. The molecule has 0 spiro atoms. The lowest BCUT2D eigenvalue weighted by atomic mass is 9.93. The van der Waals surface area contributed by atoms with Crippen LogP contribution in [0.2, 0.25) is 0 Å². The van der Waals surface area contributed by atoms with E-state index in [2.05, 4.69) is 17.9 Å². The summed E-state index contributed by atoms with van der Waals surface area (Å²) >= 11 is 0. The van der Waals surface area contributed by atoms with Crippen LogP contribution < -0.4 is 0 Å². The highest BCUT2D eigenvalue weighted by Gasteiger charge is 2.26. The van der Waals surface area contributed by atoms with Crippen LogP contribution in [-0.4, -0.2) is 17.5 Å². The molecule has 88 valence electrons. The molecule has 2 aliphatic carbocycles. The van der Waals surface area contributed by atoms with Gasteiger partial charge in [0.1, 0.15) is 0 Å². The SMILES string of the molecule is CCN(C1=C(C#N)CCC1)C1CCCCC1. The molecule has 0 aromatic rings. The Hall–Kier alpha value is -0.970. The summed E-state index contributed by atoms with van der Waals surface area (Å²) in [6.07, 6.45) is 10.1. The van der Waals surface area contributed by atoms with E-state index in [1.807, 2.05) is 0 Å². The standard InChI is InChI=1S/C14H22N2/c1-2-16(13-8-4-3-5-9-13)14-10-6-7-12(14)11-15/h13H,2-10H2,1H3. The maximum atomic E-state index is 9.14. The molecule has 0 bridgehead atoms. The Labute approximate surface area is 98.9 Å². The Morgan fingerprint density at radius 1 is 1.19 bits per heavy atom. The van der Waals surface area contributed by atoms with Gasteiger partial charge >= 0.3 is 0 Å². The Kier molecular flexibility index (Phi) is 3.88. The summed E-state index contributed by atoms with van der Waals surface area (Å²) < 4.78 is 0. The fourth-order valence-corrected chi connectivity index (χ4v) is 3.23. The Bertz CT molecular complexity index is 305. The van der Waals surface area contributed by atoms with E-state index in [0.717, 1.165) is 31.0 Å². The van der Waals surface area contributed by atoms with Crippen LogP contribution in [0.4, 0.5) is 0 Å². The third-order valence-electron chi connectivity index (χ3n) is 4.03. The number of nitrogens with zero attached hydrogens (tertiary/aromatic N) is 2. The molecule has 1 saturated carbocycles. The van der Waals surface area contributed by atoms with Gasteiger partial charge in [-0.15, -0.1) is 0 Å². The molecule has 2 heteroatoms. The second kappa shape index (κ2) is 5.39. The summed E-state index contributed by atoms with van der Waals surface area (Å²) in [6.45, 7) is 3.31. The van der Waals surface area contributed by atoms with Gasteiger partial charge in [-0.1, -0.05) is 19.3 Å². The second-order valence-corrected chi connectivity index (χ2v) is 4.97. The van der Waals surface area contributed by atoms with E-state index in [-0.39, 0.29) is 0 Å². The van der Waals surface area contributed by atoms with Gasteiger partial charge in [0.05, 0.1) is 6.07 Å². The predicted molar refractivity (Wildman–Crippen MR) is 65.7 cm³/mol. The lowest BCUT2D eigenvalue weighted by Gasteiger charge is -2.36. The van der Waals surface area contributed by atoms with Crippen LogP contribution in [0.3, 0.4) is 0 Å². The van der Waals surface area contributed by atoms with E-state index < -0.39 is 0 Å². The molecule has 16 heavy (non-hydrogen) atoms. The second-order valence-electron chi connectivity index (χ2n) is 4.97. The van der Waals surface area contributed by atoms with Gasteiger partial charge < -0.3 is 4.90 Å². The van der Waals surface area contributed by atoms with Crippen LogP contribution in [0.25, 0.3) is 0 Å². The Balaban J connectivity index is 2.12. The average Bonchev–Trinajstić information content (AvgIpc) is 2.80. The van der Waals surface area contributed by atoms with E-state index >= 15 is 0 Å². The molecule has 0 saturated heterocycles. The lowest BCUT2D eigenvalue weighted by molar-refractivity contribution is 0.203. The fraction of sp³-hybridized carbons (Fsp3) is 0.786. The zero-order valence-corrected chi connectivity index (χ0v) is 10.3. The van der Waals surface area contributed by atoms with E-state index in [9.17, 15) is 0 Å². The first-order chi connectivity index (χ1) is 7.86. The topological polar surface area (TPSA) is 27.0 Å². The van der Waals surface area contributed by atoms with Crippen LogP contribution >= 0.6 is 0 Å². The third kappa shape index (κ3) is 2.24. The average molecular weight is 218 g/mol. The van der Waals surface area contributed by atoms with E-state index in [1.165, 1.54) is 44.2 Å². The minimum Gasteiger partial charge on any atom is -0.371 e. The monoisotopic (exact) mass is 218 g/mol. The maximum Gasteiger partial charge on any atom is 0.0965 e. The first-order valence-corrected chi connectivity index (χ1v) is 6.75. The summed E-state index contributed by atoms with van der Waals surface area (Å²) in [7, 11) is 0. The maximum absolute atomic E-state index is 9.14. The first kappa shape index (κ1) is 11.5. The van der Waals surface area contributed by atoms with Crippen molar-refractivity contribution in [3.8, 4) is 6.07 Å². The van der Waals surface area contributed by atoms with Crippen molar-refractivity contribution in [2.75, 3.05) is 6.54 Å². The zero-order valence-electron chi connectivity index (χ0n) is 10.3. The van der Waals surface area contributed by atoms with Crippen molar-refractivity contribution in [1.82, 2.24) is 4.90 Å². The van der Waals surface area contributed by atoms with Crippen molar-refractivity contribution in [2.24, 2.45) is 0 Å². The van der Waals surface area contributed by atoms with E-state index in [0.29, 0.717) is 0 Å². The van der Waals surface area contributed by atoms with Crippen LogP contribution in [0, 0.1) is 11.3 Å². The van der Waals surface area contributed by atoms with Crippen LogP contribution in [0.15, 0.2) is 11.3 Å². The number of nitriles is 1. The summed E-state index contributed by atoms with van der Waals surface area (Å²) in [4.78, 5) is 2.53. The molecule has 2 aliphatic rings. The molecule has 0 aromatic heterocycles. The molecule has 0 unspecified atom stereocenters. The number of hydrogen-bond acceptors (Lipinski definition) is 2. The van der Waals surface area contributed by atoms with Gasteiger partial charge in [-0.25, -0.2) is 0 Å². The van der Waals surface area contributed by atoms with Crippen molar-refractivity contribution in [1.29, 1.82) is 5.26 Å². The van der Waals surface area contributed by atoms with Crippen molar-refractivity contribution < 1.29 is 0 Å². The van der Waals surface area contributed by atoms with Gasteiger partial charge in [0.25, 0.3) is 0 Å². The van der Waals surface area contributed by atoms with Crippen LogP contribution in [-0.2, 0) is 0 Å². The Morgan fingerprint density at radius 2 is 1.94 bits per heavy atom. The van der Waals surface area contributed by atoms with Crippen molar-refractivity contribution in [3.05, 3.63) is 11.3 Å². The molecule has 0 heterocycles. The van der Waals surface area contributed by atoms with Gasteiger partial charge in [0.2, 0.25) is 0 Å². The molecule has 0 aliphatic heterocycles. The minimum absolute atomic E-state index is 0.718. The molecule has 0 N–H and O–H groups in total. The van der Waals surface area contributed by atoms with Crippen molar-refractivity contribution >= 4 is 0 Å². The van der Waals surface area contributed by atoms with Gasteiger partial charge in [0, 0.05) is 23.9 Å². The smallest absolute Gasteiger partial charge is 0.0965 e. The summed E-state index contributed by atoms with van der Waals surface area (Å²) in [6, 6.07) is 3.12. The van der Waals surface area contributed by atoms with E-state index in [4.69, 9.17) is 5.26 Å². The van der Waals surface area contributed by atoms with Gasteiger partial charge in [-0.05, 0) is 39.0 Å². The fourth-order valence-electron chi connectivity index (χ4n) is 3.23. The molecule has 0 amide bonds. The van der Waals surface area contributed by atoms with Gasteiger partial charge in [-0.2, -0.15) is 5.26 Å². The quantitative estimate of drug-likeness (QED) is 0.723. The van der Waals surface area contributed by atoms with Crippen LogP contribution in [0.1, 0.15) is 58.3 Å². The van der Waals surface area contributed by atoms with Crippen LogP contribution in [0.5, 0.6) is 0 Å². The molecule has 0 aromatic carbocycles. The highest BCUT2D eigenvalue weighted by atomic mass is 15.2. The van der Waals surface area contributed by atoms with Gasteiger partial charge in [-0.3, -0.25) is 0 Å². The normalized spacial score (nSPS) is 22.2. The molecule has 0 radical (unpaired) electrons. The number of allylic oxidation sites excluding steroid dienone is 2. The molecule has 2 rings (SSSR count). The summed E-state index contributed by atoms with van der Waals surface area (Å²) in [5.41, 5.74) is 2.43. The third-order valence-corrected chi connectivity index (χ3v) is 4.03. The first-order valence-electron chi connectivity index (χ1n) is 6.75. The molecule has 2 nitrogen and oxygen atoms in total.